The molecule has 0 heterocycles. The number of ketones is 1. The van der Waals surface area contributed by atoms with Crippen molar-refractivity contribution >= 4 is 47.0 Å². The van der Waals surface area contributed by atoms with Crippen LogP contribution in [0.15, 0.2) is 23.8 Å². The SMILES string of the molecule is CCCC(=O)OCOC(=O)/C(=C/c1cccc(Cl)c1Cl)C(C)=O. The summed E-state index contributed by atoms with van der Waals surface area (Å²) in [6, 6.07) is 4.82. The Kier molecular flexibility index (Phi) is 7.78. The minimum absolute atomic E-state index is 0.218. The summed E-state index contributed by atoms with van der Waals surface area (Å²) in [4.78, 5) is 34.8. The van der Waals surface area contributed by atoms with E-state index in [4.69, 9.17) is 32.7 Å². The van der Waals surface area contributed by atoms with Crippen LogP contribution in [0.5, 0.6) is 0 Å². The molecule has 0 spiro atoms. The van der Waals surface area contributed by atoms with E-state index in [0.29, 0.717) is 17.0 Å². The molecule has 0 aliphatic heterocycles. The Morgan fingerprint density at radius 1 is 1.17 bits per heavy atom. The van der Waals surface area contributed by atoms with Crippen LogP contribution < -0.4 is 0 Å². The second-order valence-electron chi connectivity index (χ2n) is 4.57. The van der Waals surface area contributed by atoms with E-state index in [2.05, 4.69) is 0 Å². The topological polar surface area (TPSA) is 69.7 Å². The highest BCUT2D eigenvalue weighted by atomic mass is 35.5. The van der Waals surface area contributed by atoms with Gasteiger partial charge in [-0.3, -0.25) is 9.59 Å². The molecule has 0 fully saturated rings. The Labute approximate surface area is 144 Å². The van der Waals surface area contributed by atoms with Gasteiger partial charge < -0.3 is 9.47 Å². The summed E-state index contributed by atoms with van der Waals surface area (Å²) in [6.07, 6.45) is 2.14. The zero-order valence-corrected chi connectivity index (χ0v) is 14.2. The third-order valence-corrected chi connectivity index (χ3v) is 3.58. The van der Waals surface area contributed by atoms with Gasteiger partial charge in [-0.15, -0.1) is 0 Å². The molecule has 0 radical (unpaired) electrons. The zero-order chi connectivity index (χ0) is 17.4. The van der Waals surface area contributed by atoms with Gasteiger partial charge in [-0.1, -0.05) is 42.3 Å². The van der Waals surface area contributed by atoms with Crippen molar-refractivity contribution in [2.24, 2.45) is 0 Å². The van der Waals surface area contributed by atoms with Gasteiger partial charge in [-0.2, -0.15) is 0 Å². The van der Waals surface area contributed by atoms with Crippen molar-refractivity contribution in [1.82, 2.24) is 0 Å². The predicted octanol–water partition coefficient (Wildman–Crippen LogP) is 3.81. The van der Waals surface area contributed by atoms with Gasteiger partial charge in [0.05, 0.1) is 10.0 Å². The molecular formula is C16H16Cl2O5. The maximum atomic E-state index is 11.9. The number of halogens is 2. The standard InChI is InChI=1S/C16H16Cl2O5/c1-3-5-14(20)22-9-23-16(21)12(10(2)19)8-11-6-4-7-13(17)15(11)18/h4,6-8H,3,5,9H2,1-2H3/b12-8+. The summed E-state index contributed by atoms with van der Waals surface area (Å²) < 4.78 is 9.49. The molecule has 0 saturated heterocycles. The van der Waals surface area contributed by atoms with E-state index in [1.54, 1.807) is 18.2 Å². The molecule has 0 amide bonds. The van der Waals surface area contributed by atoms with Crippen LogP contribution in [0.1, 0.15) is 32.3 Å². The summed E-state index contributed by atoms with van der Waals surface area (Å²) in [7, 11) is 0. The third-order valence-electron chi connectivity index (χ3n) is 2.74. The molecule has 0 aliphatic rings. The maximum absolute atomic E-state index is 11.9. The number of Topliss-reactive ketones (excluding diaryl/α,β-unsaturated/α-hetero) is 1. The highest BCUT2D eigenvalue weighted by molar-refractivity contribution is 6.43. The average molecular weight is 359 g/mol. The molecule has 0 aromatic heterocycles. The van der Waals surface area contributed by atoms with Crippen LogP contribution in [-0.2, 0) is 23.9 Å². The summed E-state index contributed by atoms with van der Waals surface area (Å²) in [5.74, 6) is -1.89. The molecule has 5 nitrogen and oxygen atoms in total. The van der Waals surface area contributed by atoms with Gasteiger partial charge in [0.15, 0.2) is 5.78 Å². The number of benzene rings is 1. The monoisotopic (exact) mass is 358 g/mol. The molecule has 0 unspecified atom stereocenters. The molecule has 1 aromatic rings. The fourth-order valence-electron chi connectivity index (χ4n) is 1.59. The zero-order valence-electron chi connectivity index (χ0n) is 12.7. The van der Waals surface area contributed by atoms with Crippen LogP contribution in [0.25, 0.3) is 6.08 Å². The molecule has 0 saturated carbocycles. The summed E-state index contributed by atoms with van der Waals surface area (Å²) in [5, 5.41) is 0.514. The first-order valence-corrected chi connectivity index (χ1v) is 7.61. The van der Waals surface area contributed by atoms with E-state index in [0.717, 1.165) is 0 Å². The molecule has 0 bridgehead atoms. The number of hydrogen-bond donors (Lipinski definition) is 0. The number of ether oxygens (including phenoxy) is 2. The lowest BCUT2D eigenvalue weighted by atomic mass is 10.1. The lowest BCUT2D eigenvalue weighted by Crippen LogP contribution is -2.17. The summed E-state index contributed by atoms with van der Waals surface area (Å²) >= 11 is 11.9. The van der Waals surface area contributed by atoms with Crippen molar-refractivity contribution < 1.29 is 23.9 Å². The van der Waals surface area contributed by atoms with E-state index in [1.165, 1.54) is 13.0 Å². The molecule has 7 heteroatoms. The Balaban J connectivity index is 2.84. The number of carbonyl (C=O) groups excluding carboxylic acids is 3. The Bertz CT molecular complexity index is 637. The van der Waals surface area contributed by atoms with E-state index < -0.39 is 24.5 Å². The molecule has 124 valence electrons. The van der Waals surface area contributed by atoms with Crippen LogP contribution in [0.4, 0.5) is 0 Å². The molecule has 0 N–H and O–H groups in total. The summed E-state index contributed by atoms with van der Waals surface area (Å²) in [6.45, 7) is 2.48. The van der Waals surface area contributed by atoms with Crippen molar-refractivity contribution in [3.05, 3.63) is 39.4 Å². The third kappa shape index (κ3) is 6.04. The number of rotatable bonds is 7. The van der Waals surface area contributed by atoms with Gasteiger partial charge in [-0.25, -0.2) is 4.79 Å². The molecule has 1 rings (SSSR count). The molecule has 1 aromatic carbocycles. The second kappa shape index (κ2) is 9.33. The first-order chi connectivity index (χ1) is 10.9. The first-order valence-electron chi connectivity index (χ1n) is 6.86. The summed E-state index contributed by atoms with van der Waals surface area (Å²) in [5.41, 5.74) is 0.185. The molecule has 0 atom stereocenters. The Morgan fingerprint density at radius 3 is 2.48 bits per heavy atom. The molecular weight excluding hydrogens is 343 g/mol. The van der Waals surface area contributed by atoms with Crippen molar-refractivity contribution in [3.63, 3.8) is 0 Å². The molecule has 23 heavy (non-hydrogen) atoms. The van der Waals surface area contributed by atoms with Gasteiger partial charge in [0.1, 0.15) is 5.57 Å². The largest absolute Gasteiger partial charge is 0.428 e. The normalized spacial score (nSPS) is 11.0. The van der Waals surface area contributed by atoms with Gasteiger partial charge in [-0.05, 0) is 31.1 Å². The quantitative estimate of drug-likeness (QED) is 0.243. The van der Waals surface area contributed by atoms with Crippen LogP contribution >= 0.6 is 23.2 Å². The fourth-order valence-corrected chi connectivity index (χ4v) is 1.96. The average Bonchev–Trinajstić information content (AvgIpc) is 2.48. The number of esters is 2. The van der Waals surface area contributed by atoms with Crippen molar-refractivity contribution in [1.29, 1.82) is 0 Å². The second-order valence-corrected chi connectivity index (χ2v) is 5.36. The Hall–Kier alpha value is -1.85. The van der Waals surface area contributed by atoms with Crippen molar-refractivity contribution in [3.8, 4) is 0 Å². The highest BCUT2D eigenvalue weighted by Crippen LogP contribution is 2.27. The fraction of sp³-hybridized carbons (Fsp3) is 0.312. The first kappa shape index (κ1) is 19.2. The van der Waals surface area contributed by atoms with Crippen molar-refractivity contribution in [2.75, 3.05) is 6.79 Å². The predicted molar refractivity (Wildman–Crippen MR) is 87.1 cm³/mol. The van der Waals surface area contributed by atoms with Crippen LogP contribution in [0.3, 0.4) is 0 Å². The smallest absolute Gasteiger partial charge is 0.344 e. The van der Waals surface area contributed by atoms with E-state index in [9.17, 15) is 14.4 Å². The van der Waals surface area contributed by atoms with Crippen molar-refractivity contribution in [2.45, 2.75) is 26.7 Å². The lowest BCUT2D eigenvalue weighted by Gasteiger charge is -2.08. The van der Waals surface area contributed by atoms with Crippen LogP contribution in [0.2, 0.25) is 10.0 Å². The minimum Gasteiger partial charge on any atom is -0.428 e. The van der Waals surface area contributed by atoms with Gasteiger partial charge >= 0.3 is 11.9 Å². The lowest BCUT2D eigenvalue weighted by molar-refractivity contribution is -0.164. The maximum Gasteiger partial charge on any atom is 0.344 e. The van der Waals surface area contributed by atoms with Gasteiger partial charge in [0, 0.05) is 6.42 Å². The van der Waals surface area contributed by atoms with E-state index >= 15 is 0 Å². The Morgan fingerprint density at radius 2 is 1.87 bits per heavy atom. The highest BCUT2D eigenvalue weighted by Gasteiger charge is 2.18. The van der Waals surface area contributed by atoms with Crippen LogP contribution in [-0.4, -0.2) is 24.5 Å². The molecule has 0 aliphatic carbocycles. The number of hydrogen-bond acceptors (Lipinski definition) is 5. The van der Waals surface area contributed by atoms with Gasteiger partial charge in [0.2, 0.25) is 6.79 Å². The number of carbonyl (C=O) groups is 3. The van der Waals surface area contributed by atoms with E-state index in [1.807, 2.05) is 6.92 Å². The minimum atomic E-state index is -0.905. The van der Waals surface area contributed by atoms with Gasteiger partial charge in [0.25, 0.3) is 0 Å². The van der Waals surface area contributed by atoms with E-state index in [-0.39, 0.29) is 17.0 Å². The van der Waals surface area contributed by atoms with Crippen LogP contribution in [0, 0.1) is 0 Å².